The predicted octanol–water partition coefficient (Wildman–Crippen LogP) is 3.38. The number of ketones is 1. The van der Waals surface area contributed by atoms with Gasteiger partial charge in [0, 0.05) is 17.1 Å². The van der Waals surface area contributed by atoms with E-state index in [0.717, 1.165) is 17.0 Å². The molecule has 0 spiro atoms. The number of likely N-dealkylation sites (tertiary alicyclic amines) is 1. The fourth-order valence-corrected chi connectivity index (χ4v) is 3.21. The average Bonchev–Trinajstić information content (AvgIpc) is 2.91. The van der Waals surface area contributed by atoms with E-state index >= 15 is 0 Å². The number of aliphatic hydroxyl groups is 1. The quantitative estimate of drug-likeness (QED) is 0.453. The minimum absolute atomic E-state index is 0.190. The van der Waals surface area contributed by atoms with Crippen molar-refractivity contribution in [3.05, 3.63) is 76.1 Å². The minimum Gasteiger partial charge on any atom is -0.507 e. The highest BCUT2D eigenvalue weighted by atomic mass is 35.5. The van der Waals surface area contributed by atoms with Gasteiger partial charge < -0.3 is 15.1 Å². The van der Waals surface area contributed by atoms with Crippen LogP contribution in [0.25, 0.3) is 5.76 Å². The highest BCUT2D eigenvalue weighted by Crippen LogP contribution is 2.39. The Morgan fingerprint density at radius 2 is 1.64 bits per heavy atom. The Bertz CT molecular complexity index is 969. The molecule has 0 radical (unpaired) electrons. The summed E-state index contributed by atoms with van der Waals surface area (Å²) < 4.78 is 13.3. The summed E-state index contributed by atoms with van der Waals surface area (Å²) in [6, 6.07) is 10.1. The molecule has 0 aromatic heterocycles. The normalized spacial score (nSPS) is 18.5. The molecule has 0 saturated carbocycles. The Morgan fingerprint density at radius 1 is 1.04 bits per heavy atom. The van der Waals surface area contributed by atoms with Crippen molar-refractivity contribution in [2.24, 2.45) is 0 Å². The SMILES string of the molecule is O=C(O)CCN1C(=O)C(=O)/C(=C(\O)c2ccc(Cl)cc2)C1c1ccc(F)cc1. The summed E-state index contributed by atoms with van der Waals surface area (Å²) >= 11 is 5.84. The number of hydrogen-bond acceptors (Lipinski definition) is 4. The second-order valence-corrected chi connectivity index (χ2v) is 6.63. The van der Waals surface area contributed by atoms with Gasteiger partial charge in [0.15, 0.2) is 0 Å². The molecule has 1 aliphatic rings. The number of hydrogen-bond donors (Lipinski definition) is 2. The van der Waals surface area contributed by atoms with E-state index in [9.17, 15) is 23.9 Å². The zero-order valence-electron chi connectivity index (χ0n) is 14.4. The van der Waals surface area contributed by atoms with Crippen molar-refractivity contribution in [2.75, 3.05) is 6.54 Å². The lowest BCUT2D eigenvalue weighted by atomic mass is 9.95. The van der Waals surface area contributed by atoms with Gasteiger partial charge in [-0.1, -0.05) is 23.7 Å². The van der Waals surface area contributed by atoms with Crippen molar-refractivity contribution in [3.63, 3.8) is 0 Å². The summed E-state index contributed by atoms with van der Waals surface area (Å²) in [6.07, 6.45) is -0.383. The number of benzene rings is 2. The van der Waals surface area contributed by atoms with Crippen LogP contribution in [0.2, 0.25) is 5.02 Å². The molecule has 2 aromatic rings. The standard InChI is InChI=1S/C20H15ClFNO5/c21-13-5-1-12(2-6-13)18(26)16-17(11-3-7-14(22)8-4-11)23(10-9-15(24)25)20(28)19(16)27/h1-8,17,26H,9-10H2,(H,24,25)/b18-16-. The molecule has 144 valence electrons. The zero-order chi connectivity index (χ0) is 20.4. The van der Waals surface area contributed by atoms with Gasteiger partial charge in [0.25, 0.3) is 11.7 Å². The maximum absolute atomic E-state index is 13.3. The Labute approximate surface area is 164 Å². The molecule has 1 atom stereocenters. The van der Waals surface area contributed by atoms with E-state index in [0.29, 0.717) is 10.6 Å². The first-order valence-electron chi connectivity index (χ1n) is 8.31. The summed E-state index contributed by atoms with van der Waals surface area (Å²) in [4.78, 5) is 37.2. The lowest BCUT2D eigenvalue weighted by Crippen LogP contribution is -2.31. The van der Waals surface area contributed by atoms with Crippen molar-refractivity contribution in [2.45, 2.75) is 12.5 Å². The number of carboxylic acid groups (broad SMARTS) is 1. The van der Waals surface area contributed by atoms with Crippen LogP contribution in [-0.2, 0) is 14.4 Å². The lowest BCUT2D eigenvalue weighted by Gasteiger charge is -2.24. The van der Waals surface area contributed by atoms with Crippen LogP contribution in [0.1, 0.15) is 23.6 Å². The molecule has 2 N–H and O–H groups in total. The van der Waals surface area contributed by atoms with Crippen LogP contribution >= 0.6 is 11.6 Å². The van der Waals surface area contributed by atoms with Gasteiger partial charge in [0.2, 0.25) is 0 Å². The largest absolute Gasteiger partial charge is 0.507 e. The summed E-state index contributed by atoms with van der Waals surface area (Å²) in [5.41, 5.74) is 0.457. The molecule has 28 heavy (non-hydrogen) atoms. The zero-order valence-corrected chi connectivity index (χ0v) is 15.2. The summed E-state index contributed by atoms with van der Waals surface area (Å²) in [7, 11) is 0. The molecule has 0 aliphatic carbocycles. The number of amides is 1. The topological polar surface area (TPSA) is 94.9 Å². The molecule has 1 aliphatic heterocycles. The van der Waals surface area contributed by atoms with E-state index in [1.165, 1.54) is 36.4 Å². The molecule has 1 fully saturated rings. The van der Waals surface area contributed by atoms with Gasteiger partial charge in [-0.15, -0.1) is 0 Å². The number of aliphatic hydroxyl groups excluding tert-OH is 1. The molecule has 1 saturated heterocycles. The van der Waals surface area contributed by atoms with Crippen molar-refractivity contribution >= 4 is 35.0 Å². The summed E-state index contributed by atoms with van der Waals surface area (Å²) in [5, 5.41) is 20.1. The van der Waals surface area contributed by atoms with Gasteiger partial charge in [-0.3, -0.25) is 14.4 Å². The lowest BCUT2D eigenvalue weighted by molar-refractivity contribution is -0.142. The fourth-order valence-electron chi connectivity index (χ4n) is 3.08. The van der Waals surface area contributed by atoms with Crippen LogP contribution < -0.4 is 0 Å². The van der Waals surface area contributed by atoms with E-state index < -0.39 is 35.3 Å². The molecule has 1 amide bonds. The fraction of sp³-hybridized carbons (Fsp3) is 0.150. The first-order valence-corrected chi connectivity index (χ1v) is 8.69. The van der Waals surface area contributed by atoms with Crippen LogP contribution in [0.3, 0.4) is 0 Å². The number of halogens is 2. The summed E-state index contributed by atoms with van der Waals surface area (Å²) in [6.45, 7) is -0.237. The number of carboxylic acids is 1. The van der Waals surface area contributed by atoms with Gasteiger partial charge >= 0.3 is 5.97 Å². The Balaban J connectivity index is 2.14. The maximum atomic E-state index is 13.3. The third-order valence-electron chi connectivity index (χ3n) is 4.41. The molecule has 1 unspecified atom stereocenters. The van der Waals surface area contributed by atoms with Crippen LogP contribution in [0.4, 0.5) is 4.39 Å². The van der Waals surface area contributed by atoms with Gasteiger partial charge in [-0.05, 0) is 42.0 Å². The van der Waals surface area contributed by atoms with Gasteiger partial charge in [0.1, 0.15) is 11.6 Å². The number of Topliss-reactive ketones (excluding diaryl/α,β-unsaturated/α-hetero) is 1. The number of carbonyl (C=O) groups excluding carboxylic acids is 2. The molecule has 2 aromatic carbocycles. The predicted molar refractivity (Wildman–Crippen MR) is 99.1 cm³/mol. The van der Waals surface area contributed by atoms with E-state index in [4.69, 9.17) is 16.7 Å². The van der Waals surface area contributed by atoms with Gasteiger partial charge in [0.05, 0.1) is 18.0 Å². The van der Waals surface area contributed by atoms with E-state index in [1.807, 2.05) is 0 Å². The molecular formula is C20H15ClFNO5. The molecule has 6 nitrogen and oxygen atoms in total. The molecular weight excluding hydrogens is 389 g/mol. The second kappa shape index (κ2) is 7.82. The van der Waals surface area contributed by atoms with Gasteiger partial charge in [-0.2, -0.15) is 0 Å². The van der Waals surface area contributed by atoms with E-state index in [2.05, 4.69) is 0 Å². The minimum atomic E-state index is -1.14. The second-order valence-electron chi connectivity index (χ2n) is 6.19. The highest BCUT2D eigenvalue weighted by Gasteiger charge is 2.46. The third-order valence-corrected chi connectivity index (χ3v) is 4.66. The van der Waals surface area contributed by atoms with Crippen LogP contribution in [-0.4, -0.2) is 39.3 Å². The van der Waals surface area contributed by atoms with E-state index in [1.54, 1.807) is 0 Å². The highest BCUT2D eigenvalue weighted by molar-refractivity contribution is 6.46. The molecule has 1 heterocycles. The van der Waals surface area contributed by atoms with Crippen molar-refractivity contribution in [1.29, 1.82) is 0 Å². The van der Waals surface area contributed by atoms with Crippen LogP contribution in [0.5, 0.6) is 0 Å². The molecule has 3 rings (SSSR count). The van der Waals surface area contributed by atoms with Crippen molar-refractivity contribution in [1.82, 2.24) is 4.90 Å². The Kier molecular flexibility index (Phi) is 5.46. The summed E-state index contributed by atoms with van der Waals surface area (Å²) in [5.74, 6) is -3.93. The third kappa shape index (κ3) is 3.75. The average molecular weight is 404 g/mol. The number of rotatable bonds is 5. The monoisotopic (exact) mass is 403 g/mol. The molecule has 0 bridgehead atoms. The van der Waals surface area contributed by atoms with Crippen LogP contribution in [0, 0.1) is 5.82 Å². The van der Waals surface area contributed by atoms with Crippen LogP contribution in [0.15, 0.2) is 54.1 Å². The van der Waals surface area contributed by atoms with Crippen molar-refractivity contribution < 1.29 is 29.0 Å². The first-order chi connectivity index (χ1) is 13.3. The van der Waals surface area contributed by atoms with Gasteiger partial charge in [-0.25, -0.2) is 4.39 Å². The van der Waals surface area contributed by atoms with Crippen molar-refractivity contribution in [3.8, 4) is 0 Å². The Hall–Kier alpha value is -3.19. The maximum Gasteiger partial charge on any atom is 0.305 e. The number of carbonyl (C=O) groups is 3. The van der Waals surface area contributed by atoms with E-state index in [-0.39, 0.29) is 24.1 Å². The smallest absolute Gasteiger partial charge is 0.305 e. The number of nitrogens with zero attached hydrogens (tertiary/aromatic N) is 1. The first kappa shape index (κ1) is 19.6. The molecule has 8 heteroatoms. The number of aliphatic carboxylic acids is 1. The Morgan fingerprint density at radius 3 is 2.21 bits per heavy atom.